The Labute approximate surface area is 106 Å². The van der Waals surface area contributed by atoms with Crippen LogP contribution in [-0.2, 0) is 4.74 Å². The number of rotatable bonds is 2. The number of hydrogen-bond acceptors (Lipinski definition) is 5. The van der Waals surface area contributed by atoms with Crippen molar-refractivity contribution >= 4 is 22.8 Å². The molecule has 6 nitrogen and oxygen atoms in total. The largest absolute Gasteiger partial charge is 0.393 e. The number of hydrogen-bond donors (Lipinski definition) is 1. The minimum atomic E-state index is -0.974. The van der Waals surface area contributed by atoms with E-state index in [1.165, 1.54) is 23.3 Å². The Hall–Kier alpha value is -1.57. The normalized spacial score (nSPS) is 23.6. The lowest BCUT2D eigenvalue weighted by atomic mass is 10.3. The second-order valence-corrected chi connectivity index (χ2v) is 4.11. The van der Waals surface area contributed by atoms with E-state index in [0.717, 1.165) is 0 Å². The zero-order valence-electron chi connectivity index (χ0n) is 8.99. The molecule has 8 heteroatoms. The molecule has 2 aromatic heterocycles. The Morgan fingerprint density at radius 2 is 2.28 bits per heavy atom. The van der Waals surface area contributed by atoms with Crippen LogP contribution >= 0.6 is 11.6 Å². The van der Waals surface area contributed by atoms with Gasteiger partial charge in [0.2, 0.25) is 0 Å². The average Bonchev–Trinajstić information content (AvgIpc) is 2.93. The molecule has 1 aliphatic heterocycles. The van der Waals surface area contributed by atoms with Gasteiger partial charge >= 0.3 is 0 Å². The smallest absolute Gasteiger partial charge is 0.189 e. The Morgan fingerprint density at radius 3 is 3.00 bits per heavy atom. The molecule has 2 aromatic rings. The summed E-state index contributed by atoms with van der Waals surface area (Å²) in [6, 6.07) is 0. The van der Waals surface area contributed by atoms with Gasteiger partial charge in [0, 0.05) is 0 Å². The van der Waals surface area contributed by atoms with Crippen LogP contribution in [0.15, 0.2) is 24.6 Å². The highest BCUT2D eigenvalue weighted by molar-refractivity contribution is 6.33. The van der Waals surface area contributed by atoms with Crippen LogP contribution in [0.4, 0.5) is 4.39 Å². The third-order valence-corrected chi connectivity index (χ3v) is 2.91. The molecule has 1 N–H and O–H groups in total. The molecule has 3 rings (SSSR count). The molecule has 0 radical (unpaired) electrons. The van der Waals surface area contributed by atoms with Gasteiger partial charge in [-0.3, -0.25) is 4.57 Å². The zero-order chi connectivity index (χ0) is 12.7. The fourth-order valence-corrected chi connectivity index (χ4v) is 2.00. The molecule has 94 valence electrons. The molecule has 3 heterocycles. The number of halogens is 2. The van der Waals surface area contributed by atoms with E-state index in [1.807, 2.05) is 0 Å². The number of imidazole rings is 1. The van der Waals surface area contributed by atoms with Crippen molar-refractivity contribution in [1.82, 2.24) is 19.5 Å². The van der Waals surface area contributed by atoms with Crippen molar-refractivity contribution in [3.63, 3.8) is 0 Å². The van der Waals surface area contributed by atoms with Crippen molar-refractivity contribution in [2.75, 3.05) is 6.61 Å². The first kappa shape index (κ1) is 11.5. The van der Waals surface area contributed by atoms with Gasteiger partial charge in [0.15, 0.2) is 17.0 Å². The summed E-state index contributed by atoms with van der Waals surface area (Å²) in [5.41, 5.74) is 0.755. The maximum atomic E-state index is 13.7. The highest BCUT2D eigenvalue weighted by Crippen LogP contribution is 2.32. The third kappa shape index (κ3) is 1.67. The number of fused-ring (bicyclic) bond motifs is 1. The quantitative estimate of drug-likeness (QED) is 0.831. The molecule has 0 bridgehead atoms. The van der Waals surface area contributed by atoms with Crippen molar-refractivity contribution < 1.29 is 14.2 Å². The van der Waals surface area contributed by atoms with Crippen molar-refractivity contribution in [3.05, 3.63) is 29.7 Å². The Kier molecular flexibility index (Phi) is 2.73. The van der Waals surface area contributed by atoms with E-state index in [0.29, 0.717) is 11.2 Å². The first-order valence-electron chi connectivity index (χ1n) is 5.17. The lowest BCUT2D eigenvalue weighted by molar-refractivity contribution is -0.0174. The maximum absolute atomic E-state index is 13.7. The molecule has 2 atom stereocenters. The summed E-state index contributed by atoms with van der Waals surface area (Å²) < 4.78 is 20.4. The predicted octanol–water partition coefficient (Wildman–Crippen LogP) is 1.22. The van der Waals surface area contributed by atoms with Crippen molar-refractivity contribution in [3.8, 4) is 0 Å². The Balaban J connectivity index is 2.06. The van der Waals surface area contributed by atoms with Gasteiger partial charge in [0.25, 0.3) is 0 Å². The second kappa shape index (κ2) is 4.27. The van der Waals surface area contributed by atoms with E-state index in [2.05, 4.69) is 15.0 Å². The number of nitrogens with zero attached hydrogens (tertiary/aromatic N) is 4. The highest BCUT2D eigenvalue weighted by atomic mass is 35.5. The molecule has 0 spiro atoms. The van der Waals surface area contributed by atoms with Gasteiger partial charge in [-0.15, -0.1) is 0 Å². The summed E-state index contributed by atoms with van der Waals surface area (Å²) in [5, 5.41) is 9.14. The zero-order valence-corrected chi connectivity index (χ0v) is 9.75. The molecule has 0 saturated carbocycles. The minimum absolute atomic E-state index is 0.194. The minimum Gasteiger partial charge on any atom is -0.393 e. The van der Waals surface area contributed by atoms with Crippen LogP contribution in [0.3, 0.4) is 0 Å². The van der Waals surface area contributed by atoms with Gasteiger partial charge in [-0.05, 0) is 6.08 Å². The van der Waals surface area contributed by atoms with Crippen LogP contribution in [0.5, 0.6) is 0 Å². The van der Waals surface area contributed by atoms with Crippen molar-refractivity contribution in [1.29, 1.82) is 0 Å². The molecule has 0 saturated heterocycles. The fraction of sp³-hybridized carbons (Fsp3) is 0.300. The summed E-state index contributed by atoms with van der Waals surface area (Å²) in [5.74, 6) is -0.497. The standard InChI is InChI=1S/C10H8ClFN4O2/c11-8-7-9(14-3-13-8)16(4-15-7)10-6(12)1-5(2-17)18-10/h1,3-5,10,17H,2H2/t5-,10?/m1/s1. The van der Waals surface area contributed by atoms with Gasteiger partial charge in [0.1, 0.15) is 23.8 Å². The van der Waals surface area contributed by atoms with E-state index >= 15 is 0 Å². The van der Waals surface area contributed by atoms with Gasteiger partial charge in [0.05, 0.1) is 12.9 Å². The van der Waals surface area contributed by atoms with Crippen LogP contribution in [0, 0.1) is 0 Å². The van der Waals surface area contributed by atoms with E-state index in [9.17, 15) is 4.39 Å². The van der Waals surface area contributed by atoms with Crippen LogP contribution in [-0.4, -0.2) is 37.3 Å². The molecular weight excluding hydrogens is 263 g/mol. The number of aliphatic hydroxyl groups excluding tert-OH is 1. The number of aromatic nitrogens is 4. The van der Waals surface area contributed by atoms with Crippen LogP contribution in [0.25, 0.3) is 11.2 Å². The second-order valence-electron chi connectivity index (χ2n) is 3.75. The average molecular weight is 271 g/mol. The Morgan fingerprint density at radius 1 is 1.44 bits per heavy atom. The number of ether oxygens (including phenoxy) is 1. The number of aliphatic hydroxyl groups is 1. The van der Waals surface area contributed by atoms with Gasteiger partial charge < -0.3 is 9.84 Å². The van der Waals surface area contributed by atoms with Crippen molar-refractivity contribution in [2.24, 2.45) is 0 Å². The van der Waals surface area contributed by atoms with Crippen molar-refractivity contribution in [2.45, 2.75) is 12.3 Å². The van der Waals surface area contributed by atoms with E-state index in [4.69, 9.17) is 21.4 Å². The predicted molar refractivity (Wildman–Crippen MR) is 60.5 cm³/mol. The van der Waals surface area contributed by atoms with Crippen LogP contribution in [0.2, 0.25) is 5.15 Å². The van der Waals surface area contributed by atoms with Crippen LogP contribution in [0.1, 0.15) is 6.23 Å². The first-order chi connectivity index (χ1) is 8.70. The monoisotopic (exact) mass is 270 g/mol. The Bertz CT molecular complexity index is 629. The maximum Gasteiger partial charge on any atom is 0.189 e. The molecule has 0 amide bonds. The fourth-order valence-electron chi connectivity index (χ4n) is 1.82. The van der Waals surface area contributed by atoms with E-state index in [-0.39, 0.29) is 11.8 Å². The molecule has 0 fully saturated rings. The van der Waals surface area contributed by atoms with Gasteiger partial charge in [-0.2, -0.15) is 0 Å². The molecule has 1 unspecified atom stereocenters. The van der Waals surface area contributed by atoms with Gasteiger partial charge in [-0.1, -0.05) is 11.6 Å². The summed E-state index contributed by atoms with van der Waals surface area (Å²) in [6.07, 6.45) is 2.23. The summed E-state index contributed by atoms with van der Waals surface area (Å²) >= 11 is 5.85. The molecule has 0 aliphatic carbocycles. The summed E-state index contributed by atoms with van der Waals surface area (Å²) in [7, 11) is 0. The first-order valence-corrected chi connectivity index (χ1v) is 5.55. The lowest BCUT2D eigenvalue weighted by Gasteiger charge is -2.14. The topological polar surface area (TPSA) is 73.1 Å². The lowest BCUT2D eigenvalue weighted by Crippen LogP contribution is -2.16. The van der Waals surface area contributed by atoms with Crippen LogP contribution < -0.4 is 0 Å². The summed E-state index contributed by atoms with van der Waals surface area (Å²) in [4.78, 5) is 11.8. The highest BCUT2D eigenvalue weighted by Gasteiger charge is 2.30. The molecular formula is C10H8ClFN4O2. The summed E-state index contributed by atoms with van der Waals surface area (Å²) in [6.45, 7) is -0.285. The molecule has 0 aromatic carbocycles. The third-order valence-electron chi connectivity index (χ3n) is 2.63. The van der Waals surface area contributed by atoms with E-state index < -0.39 is 18.2 Å². The molecule has 1 aliphatic rings. The molecule has 18 heavy (non-hydrogen) atoms. The SMILES string of the molecule is OC[C@H]1C=C(F)C(n2cnc3c(Cl)ncnc32)O1. The van der Waals surface area contributed by atoms with Gasteiger partial charge in [-0.25, -0.2) is 19.3 Å². The van der Waals surface area contributed by atoms with E-state index in [1.54, 1.807) is 0 Å².